The number of rotatable bonds is 7. The Hall–Kier alpha value is -3.42. The van der Waals surface area contributed by atoms with Gasteiger partial charge in [-0.3, -0.25) is 25.7 Å². The standard InChI is InChI=1S/C19H21N5O7S/c1-13-3-4-15(11-18(13)24(27)28)14(2)20-21-17-6-5-16(23(25)26)12-19(17)32(29,30)22-7-9-31-10-8-22/h3-6,11-12,21H,7-10H2,1-2H3. The van der Waals surface area contributed by atoms with E-state index in [1.807, 2.05) is 0 Å². The number of nitro benzene ring substituents is 2. The topological polar surface area (TPSA) is 157 Å². The summed E-state index contributed by atoms with van der Waals surface area (Å²) in [5, 5.41) is 26.5. The number of sulfonamides is 1. The minimum Gasteiger partial charge on any atom is -0.379 e. The van der Waals surface area contributed by atoms with E-state index in [4.69, 9.17) is 4.74 Å². The first-order chi connectivity index (χ1) is 15.1. The summed E-state index contributed by atoms with van der Waals surface area (Å²) in [5.41, 5.74) is 3.57. The van der Waals surface area contributed by atoms with Crippen molar-refractivity contribution in [3.05, 3.63) is 67.8 Å². The molecule has 1 aliphatic heterocycles. The summed E-state index contributed by atoms with van der Waals surface area (Å²) >= 11 is 0. The summed E-state index contributed by atoms with van der Waals surface area (Å²) in [6, 6.07) is 8.03. The van der Waals surface area contributed by atoms with Gasteiger partial charge in [0.15, 0.2) is 0 Å². The highest BCUT2D eigenvalue weighted by atomic mass is 32.2. The fourth-order valence-electron chi connectivity index (χ4n) is 3.10. The van der Waals surface area contributed by atoms with E-state index in [2.05, 4.69) is 10.5 Å². The Balaban J connectivity index is 1.98. The lowest BCUT2D eigenvalue weighted by Crippen LogP contribution is -2.40. The van der Waals surface area contributed by atoms with Gasteiger partial charge in [-0.1, -0.05) is 12.1 Å². The number of non-ortho nitro benzene ring substituents is 1. The molecule has 2 aromatic carbocycles. The van der Waals surface area contributed by atoms with Crippen molar-refractivity contribution < 1.29 is 23.0 Å². The lowest BCUT2D eigenvalue weighted by Gasteiger charge is -2.26. The highest BCUT2D eigenvalue weighted by Gasteiger charge is 2.30. The Morgan fingerprint density at radius 1 is 1.09 bits per heavy atom. The molecule has 0 aliphatic carbocycles. The summed E-state index contributed by atoms with van der Waals surface area (Å²) in [7, 11) is -4.06. The minimum atomic E-state index is -4.06. The summed E-state index contributed by atoms with van der Waals surface area (Å²) in [5.74, 6) is 0. The largest absolute Gasteiger partial charge is 0.379 e. The third-order valence-electron chi connectivity index (χ3n) is 4.93. The highest BCUT2D eigenvalue weighted by molar-refractivity contribution is 7.89. The van der Waals surface area contributed by atoms with Crippen molar-refractivity contribution in [1.82, 2.24) is 4.31 Å². The van der Waals surface area contributed by atoms with Gasteiger partial charge in [-0.15, -0.1) is 0 Å². The second kappa shape index (κ2) is 9.38. The van der Waals surface area contributed by atoms with Crippen LogP contribution in [0.2, 0.25) is 0 Å². The molecule has 1 heterocycles. The second-order valence-electron chi connectivity index (χ2n) is 7.02. The first kappa shape index (κ1) is 23.2. The van der Waals surface area contributed by atoms with Crippen LogP contribution in [0.25, 0.3) is 0 Å². The normalized spacial score (nSPS) is 15.4. The highest BCUT2D eigenvalue weighted by Crippen LogP contribution is 2.30. The first-order valence-corrected chi connectivity index (χ1v) is 11.0. The van der Waals surface area contributed by atoms with Gasteiger partial charge in [0.05, 0.1) is 34.5 Å². The third kappa shape index (κ3) is 4.90. The van der Waals surface area contributed by atoms with Gasteiger partial charge in [-0.25, -0.2) is 8.42 Å². The molecule has 12 nitrogen and oxygen atoms in total. The Morgan fingerprint density at radius 2 is 1.78 bits per heavy atom. The van der Waals surface area contributed by atoms with Gasteiger partial charge in [0.2, 0.25) is 10.0 Å². The van der Waals surface area contributed by atoms with Crippen LogP contribution in [0.5, 0.6) is 0 Å². The van der Waals surface area contributed by atoms with Gasteiger partial charge in [0.1, 0.15) is 4.90 Å². The summed E-state index contributed by atoms with van der Waals surface area (Å²) < 4.78 is 32.7. The second-order valence-corrected chi connectivity index (χ2v) is 8.93. The van der Waals surface area contributed by atoms with Gasteiger partial charge < -0.3 is 4.74 Å². The van der Waals surface area contributed by atoms with E-state index in [0.29, 0.717) is 16.8 Å². The third-order valence-corrected chi connectivity index (χ3v) is 6.87. The molecule has 1 N–H and O–H groups in total. The van der Waals surface area contributed by atoms with Gasteiger partial charge in [-0.2, -0.15) is 9.41 Å². The molecule has 0 amide bonds. The van der Waals surface area contributed by atoms with Crippen LogP contribution in [0.1, 0.15) is 18.1 Å². The average Bonchev–Trinajstić information content (AvgIpc) is 2.78. The zero-order valence-corrected chi connectivity index (χ0v) is 18.2. The SMILES string of the molecule is CC(=NNc1ccc([N+](=O)[O-])cc1S(=O)(=O)N1CCOCC1)c1ccc(C)c([N+](=O)[O-])c1. The molecular formula is C19H21N5O7S. The van der Waals surface area contributed by atoms with Gasteiger partial charge in [0, 0.05) is 42.4 Å². The van der Waals surface area contributed by atoms with E-state index < -0.39 is 19.9 Å². The van der Waals surface area contributed by atoms with Crippen molar-refractivity contribution in [2.45, 2.75) is 18.7 Å². The molecule has 2 aromatic rings. The van der Waals surface area contributed by atoms with Crippen molar-refractivity contribution in [3.63, 3.8) is 0 Å². The lowest BCUT2D eigenvalue weighted by atomic mass is 10.1. The number of nitrogens with zero attached hydrogens (tertiary/aromatic N) is 4. The molecule has 0 spiro atoms. The maximum Gasteiger partial charge on any atom is 0.272 e. The molecule has 0 unspecified atom stereocenters. The number of hydrogen-bond acceptors (Lipinski definition) is 9. The smallest absolute Gasteiger partial charge is 0.272 e. The molecule has 1 saturated heterocycles. The summed E-state index contributed by atoms with van der Waals surface area (Å²) in [6.07, 6.45) is 0. The monoisotopic (exact) mass is 463 g/mol. The summed E-state index contributed by atoms with van der Waals surface area (Å²) in [4.78, 5) is 20.9. The van der Waals surface area contributed by atoms with Gasteiger partial charge in [-0.05, 0) is 19.9 Å². The van der Waals surface area contributed by atoms with Crippen LogP contribution in [0, 0.1) is 27.2 Å². The lowest BCUT2D eigenvalue weighted by molar-refractivity contribution is -0.385. The quantitative estimate of drug-likeness (QED) is 0.373. The zero-order chi connectivity index (χ0) is 23.5. The van der Waals surface area contributed by atoms with Crippen LogP contribution in [-0.4, -0.2) is 54.6 Å². The molecule has 0 radical (unpaired) electrons. The van der Waals surface area contributed by atoms with Crippen molar-refractivity contribution in [1.29, 1.82) is 0 Å². The Kier molecular flexibility index (Phi) is 6.81. The van der Waals surface area contributed by atoms with Crippen molar-refractivity contribution in [2.75, 3.05) is 31.7 Å². The predicted molar refractivity (Wildman–Crippen MR) is 116 cm³/mol. The fourth-order valence-corrected chi connectivity index (χ4v) is 4.67. The van der Waals surface area contributed by atoms with E-state index in [0.717, 1.165) is 6.07 Å². The molecule has 0 aromatic heterocycles. The molecule has 3 rings (SSSR count). The van der Waals surface area contributed by atoms with E-state index in [1.54, 1.807) is 26.0 Å². The molecular weight excluding hydrogens is 442 g/mol. The number of aryl methyl sites for hydroxylation is 1. The Morgan fingerprint density at radius 3 is 2.41 bits per heavy atom. The molecule has 0 atom stereocenters. The minimum absolute atomic E-state index is 0.0445. The van der Waals surface area contributed by atoms with Crippen LogP contribution in [0.4, 0.5) is 17.1 Å². The molecule has 0 saturated carbocycles. The maximum absolute atomic E-state index is 13.1. The Labute approximate surface area is 183 Å². The predicted octanol–water partition coefficient (Wildman–Crippen LogP) is 2.67. The van der Waals surface area contributed by atoms with Crippen molar-refractivity contribution in [3.8, 4) is 0 Å². The van der Waals surface area contributed by atoms with E-state index in [-0.39, 0.29) is 48.3 Å². The molecule has 170 valence electrons. The number of hydrogen-bond donors (Lipinski definition) is 1. The number of nitro groups is 2. The van der Waals surface area contributed by atoms with Gasteiger partial charge in [0.25, 0.3) is 11.4 Å². The number of anilines is 1. The number of nitrogens with one attached hydrogen (secondary N) is 1. The van der Waals surface area contributed by atoms with Crippen LogP contribution < -0.4 is 5.43 Å². The molecule has 0 bridgehead atoms. The van der Waals surface area contributed by atoms with Crippen LogP contribution in [0.15, 0.2) is 46.4 Å². The number of ether oxygens (including phenoxy) is 1. The van der Waals surface area contributed by atoms with Crippen LogP contribution in [0.3, 0.4) is 0 Å². The van der Waals surface area contributed by atoms with E-state index in [1.165, 1.54) is 22.5 Å². The number of hydrazone groups is 1. The first-order valence-electron chi connectivity index (χ1n) is 9.53. The van der Waals surface area contributed by atoms with Crippen molar-refractivity contribution in [2.24, 2.45) is 5.10 Å². The Bertz CT molecular complexity index is 1190. The molecule has 1 aliphatic rings. The average molecular weight is 463 g/mol. The van der Waals surface area contributed by atoms with Crippen molar-refractivity contribution >= 4 is 32.8 Å². The van der Waals surface area contributed by atoms with E-state index in [9.17, 15) is 28.6 Å². The van der Waals surface area contributed by atoms with E-state index >= 15 is 0 Å². The fraction of sp³-hybridized carbons (Fsp3) is 0.316. The molecule has 13 heteroatoms. The van der Waals surface area contributed by atoms with Gasteiger partial charge >= 0.3 is 0 Å². The molecule has 1 fully saturated rings. The summed E-state index contributed by atoms with van der Waals surface area (Å²) in [6.45, 7) is 3.91. The van der Waals surface area contributed by atoms with Crippen LogP contribution >= 0.6 is 0 Å². The maximum atomic E-state index is 13.1. The van der Waals surface area contributed by atoms with Crippen LogP contribution in [-0.2, 0) is 14.8 Å². The number of benzene rings is 2. The zero-order valence-electron chi connectivity index (χ0n) is 17.3. The molecule has 32 heavy (non-hydrogen) atoms. The number of morpholine rings is 1.